The summed E-state index contributed by atoms with van der Waals surface area (Å²) in [4.78, 5) is 34.4. The van der Waals surface area contributed by atoms with Crippen molar-refractivity contribution in [1.82, 2.24) is 10.6 Å². The van der Waals surface area contributed by atoms with Gasteiger partial charge in [-0.3, -0.25) is 9.59 Å². The number of hydrogen-bond donors (Lipinski definition) is 6. The summed E-state index contributed by atoms with van der Waals surface area (Å²) in [7, 11) is 0. The Balaban J connectivity index is 4.87. The van der Waals surface area contributed by atoms with Gasteiger partial charge in [0.1, 0.15) is 12.1 Å². The summed E-state index contributed by atoms with van der Waals surface area (Å²) < 4.78 is 0. The molecule has 0 aliphatic heterocycles. The number of amides is 2. The van der Waals surface area contributed by atoms with Gasteiger partial charge in [0.2, 0.25) is 11.8 Å². The van der Waals surface area contributed by atoms with Crippen molar-refractivity contribution in [2.75, 3.05) is 6.61 Å². The van der Waals surface area contributed by atoms with Crippen molar-refractivity contribution in [3.63, 3.8) is 0 Å². The molecule has 0 unspecified atom stereocenters. The molecule has 122 valence electrons. The molecule has 0 radical (unpaired) electrons. The molecular weight excluding hydrogens is 282 g/mol. The van der Waals surface area contributed by atoms with Gasteiger partial charge in [-0.05, 0) is 12.8 Å². The summed E-state index contributed by atoms with van der Waals surface area (Å²) in [5, 5.41) is 31.4. The minimum Gasteiger partial charge on any atom is -0.480 e. The zero-order chi connectivity index (χ0) is 16.7. The molecule has 0 aromatic carbocycles. The van der Waals surface area contributed by atoms with E-state index in [0.717, 1.165) is 0 Å². The second-order valence-corrected chi connectivity index (χ2v) is 5.08. The van der Waals surface area contributed by atoms with Crippen molar-refractivity contribution in [3.8, 4) is 0 Å². The fourth-order valence-corrected chi connectivity index (χ4v) is 1.40. The number of aliphatic carboxylic acids is 1. The topological polar surface area (TPSA) is 162 Å². The molecule has 0 saturated carbocycles. The SMILES string of the molecule is CC(C)[C@H](N)C(=O)N[C@H](C(=O)N[C@@H](CO)C(=O)O)[C@@H](C)O. The van der Waals surface area contributed by atoms with E-state index in [1.807, 2.05) is 5.32 Å². The molecule has 2 amide bonds. The van der Waals surface area contributed by atoms with Crippen LogP contribution >= 0.6 is 0 Å². The first kappa shape index (κ1) is 19.3. The lowest BCUT2D eigenvalue weighted by molar-refractivity contribution is -0.144. The van der Waals surface area contributed by atoms with Gasteiger partial charge in [-0.15, -0.1) is 0 Å². The molecule has 0 aromatic heterocycles. The highest BCUT2D eigenvalue weighted by molar-refractivity contribution is 5.92. The fraction of sp³-hybridized carbons (Fsp3) is 0.750. The average molecular weight is 305 g/mol. The molecule has 0 rings (SSSR count). The van der Waals surface area contributed by atoms with Crippen molar-refractivity contribution in [1.29, 1.82) is 0 Å². The molecule has 0 aromatic rings. The van der Waals surface area contributed by atoms with Crippen molar-refractivity contribution >= 4 is 17.8 Å². The van der Waals surface area contributed by atoms with Crippen LogP contribution in [0.2, 0.25) is 0 Å². The summed E-state index contributed by atoms with van der Waals surface area (Å²) in [6.07, 6.45) is -1.26. The number of carboxylic acid groups (broad SMARTS) is 1. The van der Waals surface area contributed by atoms with Crippen LogP contribution in [-0.2, 0) is 14.4 Å². The van der Waals surface area contributed by atoms with E-state index in [0.29, 0.717) is 0 Å². The van der Waals surface area contributed by atoms with Crippen LogP contribution in [0.5, 0.6) is 0 Å². The van der Waals surface area contributed by atoms with Crippen molar-refractivity contribution in [2.24, 2.45) is 11.7 Å². The number of rotatable bonds is 8. The minimum absolute atomic E-state index is 0.174. The van der Waals surface area contributed by atoms with Gasteiger partial charge in [0.25, 0.3) is 0 Å². The number of carbonyl (C=O) groups excluding carboxylic acids is 2. The lowest BCUT2D eigenvalue weighted by Gasteiger charge is -2.25. The first-order valence-electron chi connectivity index (χ1n) is 6.49. The molecule has 0 bridgehead atoms. The van der Waals surface area contributed by atoms with Crippen LogP contribution in [0.3, 0.4) is 0 Å². The summed E-state index contributed by atoms with van der Waals surface area (Å²) in [5.41, 5.74) is 5.62. The Bertz CT molecular complexity index is 385. The highest BCUT2D eigenvalue weighted by atomic mass is 16.4. The largest absolute Gasteiger partial charge is 0.480 e. The predicted octanol–water partition coefficient (Wildman–Crippen LogP) is -2.60. The molecule has 0 saturated heterocycles. The highest BCUT2D eigenvalue weighted by Crippen LogP contribution is 2.01. The Morgan fingerprint density at radius 1 is 1.10 bits per heavy atom. The monoisotopic (exact) mass is 305 g/mol. The standard InChI is InChI=1S/C12H23N3O6/c1-5(2)8(13)10(18)15-9(6(3)17)11(19)14-7(4-16)12(20)21/h5-9,16-17H,4,13H2,1-3H3,(H,14,19)(H,15,18)(H,20,21)/t6-,7+,8+,9+/m1/s1. The van der Waals surface area contributed by atoms with Crippen LogP contribution in [0.25, 0.3) is 0 Å². The Morgan fingerprint density at radius 2 is 1.62 bits per heavy atom. The van der Waals surface area contributed by atoms with Gasteiger partial charge in [-0.25, -0.2) is 4.79 Å². The third-order valence-electron chi connectivity index (χ3n) is 2.88. The Morgan fingerprint density at radius 3 is 1.95 bits per heavy atom. The molecule has 0 fully saturated rings. The van der Waals surface area contributed by atoms with E-state index in [1.165, 1.54) is 6.92 Å². The maximum Gasteiger partial charge on any atom is 0.328 e. The molecule has 0 aliphatic rings. The number of nitrogens with one attached hydrogen (secondary N) is 2. The molecule has 0 spiro atoms. The second-order valence-electron chi connectivity index (χ2n) is 5.08. The lowest BCUT2D eigenvalue weighted by atomic mass is 10.0. The number of carbonyl (C=O) groups is 3. The Hall–Kier alpha value is -1.71. The van der Waals surface area contributed by atoms with Gasteiger partial charge in [0, 0.05) is 0 Å². The van der Waals surface area contributed by atoms with E-state index < -0.39 is 48.6 Å². The molecule has 7 N–H and O–H groups in total. The van der Waals surface area contributed by atoms with Gasteiger partial charge < -0.3 is 31.7 Å². The molecule has 21 heavy (non-hydrogen) atoms. The number of aliphatic hydroxyl groups is 2. The van der Waals surface area contributed by atoms with E-state index in [4.69, 9.17) is 15.9 Å². The first-order valence-corrected chi connectivity index (χ1v) is 6.49. The predicted molar refractivity (Wildman–Crippen MR) is 73.1 cm³/mol. The quantitative estimate of drug-likeness (QED) is 0.286. The first-order chi connectivity index (χ1) is 9.61. The normalized spacial score (nSPS) is 16.7. The number of nitrogens with two attached hydrogens (primary N) is 1. The molecule has 9 nitrogen and oxygen atoms in total. The van der Waals surface area contributed by atoms with E-state index in [-0.39, 0.29) is 5.92 Å². The van der Waals surface area contributed by atoms with E-state index in [1.54, 1.807) is 13.8 Å². The molecule has 4 atom stereocenters. The smallest absolute Gasteiger partial charge is 0.328 e. The van der Waals surface area contributed by atoms with Gasteiger partial charge >= 0.3 is 5.97 Å². The van der Waals surface area contributed by atoms with Crippen LogP contribution < -0.4 is 16.4 Å². The van der Waals surface area contributed by atoms with Crippen LogP contribution in [0.4, 0.5) is 0 Å². The highest BCUT2D eigenvalue weighted by Gasteiger charge is 2.31. The Kier molecular flexibility index (Phi) is 7.85. The molecule has 0 aliphatic carbocycles. The van der Waals surface area contributed by atoms with E-state index in [2.05, 4.69) is 5.32 Å². The van der Waals surface area contributed by atoms with E-state index in [9.17, 15) is 19.5 Å². The van der Waals surface area contributed by atoms with E-state index >= 15 is 0 Å². The lowest BCUT2D eigenvalue weighted by Crippen LogP contribution is -2.59. The zero-order valence-corrected chi connectivity index (χ0v) is 12.2. The van der Waals surface area contributed by atoms with Gasteiger partial charge in [-0.2, -0.15) is 0 Å². The van der Waals surface area contributed by atoms with Crippen molar-refractivity contribution in [2.45, 2.75) is 45.0 Å². The molecule has 9 heteroatoms. The number of hydrogen-bond acceptors (Lipinski definition) is 6. The summed E-state index contributed by atoms with van der Waals surface area (Å²) in [6, 6.07) is -3.75. The maximum atomic E-state index is 11.9. The fourth-order valence-electron chi connectivity index (χ4n) is 1.40. The third kappa shape index (κ3) is 6.06. The Labute approximate surface area is 122 Å². The summed E-state index contributed by atoms with van der Waals surface area (Å²) in [6.45, 7) is 3.88. The number of carboxylic acids is 1. The van der Waals surface area contributed by atoms with Crippen LogP contribution in [0.1, 0.15) is 20.8 Å². The second kappa shape index (κ2) is 8.55. The van der Waals surface area contributed by atoms with Crippen LogP contribution in [-0.4, -0.2) is 63.9 Å². The van der Waals surface area contributed by atoms with Gasteiger partial charge in [-0.1, -0.05) is 13.8 Å². The maximum absolute atomic E-state index is 11.9. The minimum atomic E-state index is -1.52. The van der Waals surface area contributed by atoms with Crippen LogP contribution in [0, 0.1) is 5.92 Å². The van der Waals surface area contributed by atoms with Crippen LogP contribution in [0.15, 0.2) is 0 Å². The van der Waals surface area contributed by atoms with Crippen molar-refractivity contribution in [3.05, 3.63) is 0 Å². The van der Waals surface area contributed by atoms with Gasteiger partial charge in [0.05, 0.1) is 18.8 Å². The zero-order valence-electron chi connectivity index (χ0n) is 12.2. The van der Waals surface area contributed by atoms with Crippen molar-refractivity contribution < 1.29 is 29.7 Å². The number of aliphatic hydroxyl groups excluding tert-OH is 2. The van der Waals surface area contributed by atoms with Gasteiger partial charge in [0.15, 0.2) is 0 Å². The molecular formula is C12H23N3O6. The average Bonchev–Trinajstić information content (AvgIpc) is 2.39. The summed E-state index contributed by atoms with van der Waals surface area (Å²) in [5.74, 6) is -3.16. The summed E-state index contributed by atoms with van der Waals surface area (Å²) >= 11 is 0. The third-order valence-corrected chi connectivity index (χ3v) is 2.88. The molecule has 0 heterocycles.